The average Bonchev–Trinajstić information content (AvgIpc) is 2.87. The van der Waals surface area contributed by atoms with Crippen LogP contribution in [0.15, 0.2) is 18.5 Å². The van der Waals surface area contributed by atoms with E-state index < -0.39 is 16.3 Å². The third-order valence-electron chi connectivity index (χ3n) is 5.13. The fourth-order valence-corrected chi connectivity index (χ4v) is 5.11. The minimum atomic E-state index is -3.58. The molecule has 0 radical (unpaired) electrons. The summed E-state index contributed by atoms with van der Waals surface area (Å²) in [5.74, 6) is 0.655. The van der Waals surface area contributed by atoms with Crippen LogP contribution in [0, 0.1) is 5.92 Å². The zero-order valence-corrected chi connectivity index (χ0v) is 15.4. The summed E-state index contributed by atoms with van der Waals surface area (Å²) in [4.78, 5) is 4.16. The zero-order valence-electron chi connectivity index (χ0n) is 14.6. The molecular formula is C17H27N3O4S. The first-order valence-electron chi connectivity index (χ1n) is 8.94. The van der Waals surface area contributed by atoms with Gasteiger partial charge in [0.25, 0.3) is 10.2 Å². The Morgan fingerprint density at radius 3 is 2.52 bits per heavy atom. The molecular weight excluding hydrogens is 342 g/mol. The Morgan fingerprint density at radius 2 is 1.92 bits per heavy atom. The molecule has 1 aromatic heterocycles. The van der Waals surface area contributed by atoms with E-state index in [1.807, 2.05) is 6.07 Å². The van der Waals surface area contributed by atoms with Crippen LogP contribution >= 0.6 is 0 Å². The monoisotopic (exact) mass is 369 g/mol. The first kappa shape index (κ1) is 18.6. The summed E-state index contributed by atoms with van der Waals surface area (Å²) in [6, 6.07) is 1.41. The van der Waals surface area contributed by atoms with Crippen LogP contribution in [0.1, 0.15) is 50.1 Å². The van der Waals surface area contributed by atoms with Gasteiger partial charge in [-0.2, -0.15) is 17.4 Å². The van der Waals surface area contributed by atoms with E-state index in [-0.39, 0.29) is 12.0 Å². The van der Waals surface area contributed by atoms with Gasteiger partial charge < -0.3 is 9.84 Å². The van der Waals surface area contributed by atoms with Crippen molar-refractivity contribution in [3.8, 4) is 5.75 Å². The summed E-state index contributed by atoms with van der Waals surface area (Å²) in [6.07, 6.45) is 8.03. The standard InChI is InChI=1S/C17H27N3O4S/c1-24-16-10-14(11-18-12-16)17(13-8-15(21)9-13)19-25(22,23)20-6-4-2-3-5-7-20/h10-13,15,17,19,21H,2-9H2,1H3/t13?,15?,17-/m0/s1. The van der Waals surface area contributed by atoms with Crippen molar-refractivity contribution in [1.29, 1.82) is 0 Å². The van der Waals surface area contributed by atoms with E-state index in [2.05, 4.69) is 9.71 Å². The molecule has 1 aliphatic carbocycles. The molecule has 0 unspecified atom stereocenters. The first-order valence-corrected chi connectivity index (χ1v) is 10.4. The van der Waals surface area contributed by atoms with Gasteiger partial charge in [0.1, 0.15) is 5.75 Å². The highest BCUT2D eigenvalue weighted by molar-refractivity contribution is 7.87. The molecule has 140 valence electrons. The lowest BCUT2D eigenvalue weighted by atomic mass is 9.76. The summed E-state index contributed by atoms with van der Waals surface area (Å²) in [6.45, 7) is 1.12. The summed E-state index contributed by atoms with van der Waals surface area (Å²) in [5, 5.41) is 9.67. The number of nitrogens with one attached hydrogen (secondary N) is 1. The van der Waals surface area contributed by atoms with Gasteiger partial charge in [-0.05, 0) is 43.2 Å². The lowest BCUT2D eigenvalue weighted by molar-refractivity contribution is 0.0276. The van der Waals surface area contributed by atoms with Gasteiger partial charge in [-0.15, -0.1) is 0 Å². The lowest BCUT2D eigenvalue weighted by Crippen LogP contribution is -2.47. The molecule has 0 amide bonds. The van der Waals surface area contributed by atoms with Crippen LogP contribution in [0.3, 0.4) is 0 Å². The third kappa shape index (κ3) is 4.49. The maximum absolute atomic E-state index is 12.9. The van der Waals surface area contributed by atoms with Gasteiger partial charge in [-0.3, -0.25) is 4.98 Å². The molecule has 0 spiro atoms. The third-order valence-corrected chi connectivity index (χ3v) is 6.73. The Bertz CT molecular complexity index is 668. The fraction of sp³-hybridized carbons (Fsp3) is 0.706. The highest BCUT2D eigenvalue weighted by Gasteiger charge is 2.38. The highest BCUT2D eigenvalue weighted by Crippen LogP contribution is 2.39. The number of rotatable bonds is 6. The molecule has 3 rings (SSSR count). The summed E-state index contributed by atoms with van der Waals surface area (Å²) in [5.41, 5.74) is 0.773. The van der Waals surface area contributed by atoms with E-state index in [1.54, 1.807) is 23.8 Å². The van der Waals surface area contributed by atoms with E-state index >= 15 is 0 Å². The van der Waals surface area contributed by atoms with Gasteiger partial charge in [0.05, 0.1) is 25.5 Å². The van der Waals surface area contributed by atoms with Crippen molar-refractivity contribution in [1.82, 2.24) is 14.0 Å². The Labute approximate surface area is 149 Å². The molecule has 2 heterocycles. The van der Waals surface area contributed by atoms with E-state index in [9.17, 15) is 13.5 Å². The predicted octanol–water partition coefficient (Wildman–Crippen LogP) is 1.61. The maximum Gasteiger partial charge on any atom is 0.280 e. The van der Waals surface area contributed by atoms with Crippen molar-refractivity contribution < 1.29 is 18.3 Å². The number of nitrogens with zero attached hydrogens (tertiary/aromatic N) is 2. The summed E-state index contributed by atoms with van der Waals surface area (Å²) >= 11 is 0. The highest BCUT2D eigenvalue weighted by atomic mass is 32.2. The maximum atomic E-state index is 12.9. The summed E-state index contributed by atoms with van der Waals surface area (Å²) in [7, 11) is -2.02. The molecule has 1 atom stereocenters. The Kier molecular flexibility index (Phi) is 5.93. The molecule has 1 aromatic rings. The number of aliphatic hydroxyl groups is 1. The normalized spacial score (nSPS) is 26.5. The molecule has 1 saturated carbocycles. The van der Waals surface area contributed by atoms with Crippen LogP contribution in [-0.4, -0.2) is 49.1 Å². The predicted molar refractivity (Wildman–Crippen MR) is 94.4 cm³/mol. The number of aromatic nitrogens is 1. The first-order chi connectivity index (χ1) is 12.0. The molecule has 1 saturated heterocycles. The van der Waals surface area contributed by atoms with Crippen molar-refractivity contribution in [2.45, 2.75) is 50.7 Å². The second-order valence-electron chi connectivity index (χ2n) is 6.96. The van der Waals surface area contributed by atoms with E-state index in [1.165, 1.54) is 0 Å². The average molecular weight is 369 g/mol. The van der Waals surface area contributed by atoms with Crippen molar-refractivity contribution in [2.24, 2.45) is 5.92 Å². The van der Waals surface area contributed by atoms with E-state index in [0.29, 0.717) is 31.7 Å². The van der Waals surface area contributed by atoms with Crippen molar-refractivity contribution in [3.05, 3.63) is 24.0 Å². The van der Waals surface area contributed by atoms with Crippen molar-refractivity contribution in [2.75, 3.05) is 20.2 Å². The van der Waals surface area contributed by atoms with Crippen molar-refractivity contribution in [3.63, 3.8) is 0 Å². The van der Waals surface area contributed by atoms with E-state index in [0.717, 1.165) is 31.2 Å². The molecule has 2 N–H and O–H groups in total. The topological polar surface area (TPSA) is 91.8 Å². The molecule has 8 heteroatoms. The Balaban J connectivity index is 1.81. The number of ether oxygens (including phenoxy) is 1. The number of pyridine rings is 1. The van der Waals surface area contributed by atoms with Gasteiger partial charge in [0, 0.05) is 19.3 Å². The van der Waals surface area contributed by atoms with Gasteiger partial charge in [0.15, 0.2) is 0 Å². The molecule has 1 aliphatic heterocycles. The van der Waals surface area contributed by atoms with Gasteiger partial charge >= 0.3 is 0 Å². The van der Waals surface area contributed by atoms with E-state index in [4.69, 9.17) is 4.74 Å². The van der Waals surface area contributed by atoms with Gasteiger partial charge in [-0.25, -0.2) is 0 Å². The number of hydrogen-bond donors (Lipinski definition) is 2. The molecule has 2 aliphatic rings. The van der Waals surface area contributed by atoms with Crippen LogP contribution in [-0.2, 0) is 10.2 Å². The molecule has 0 aromatic carbocycles. The lowest BCUT2D eigenvalue weighted by Gasteiger charge is -2.38. The molecule has 0 bridgehead atoms. The van der Waals surface area contributed by atoms with Crippen molar-refractivity contribution >= 4 is 10.2 Å². The largest absolute Gasteiger partial charge is 0.495 e. The Hall–Kier alpha value is -1.22. The molecule has 25 heavy (non-hydrogen) atoms. The number of hydrogen-bond acceptors (Lipinski definition) is 5. The zero-order chi connectivity index (χ0) is 17.9. The summed E-state index contributed by atoms with van der Waals surface area (Å²) < 4.78 is 35.5. The minimum Gasteiger partial charge on any atom is -0.495 e. The second-order valence-corrected chi connectivity index (χ2v) is 8.66. The van der Waals surface area contributed by atoms with Gasteiger partial charge in [0.2, 0.25) is 0 Å². The fourth-order valence-electron chi connectivity index (χ4n) is 3.57. The van der Waals surface area contributed by atoms with Crippen LogP contribution in [0.4, 0.5) is 0 Å². The quantitative estimate of drug-likeness (QED) is 0.795. The smallest absolute Gasteiger partial charge is 0.280 e. The van der Waals surface area contributed by atoms with Crippen LogP contribution in [0.2, 0.25) is 0 Å². The number of aliphatic hydroxyl groups excluding tert-OH is 1. The van der Waals surface area contributed by atoms with Crippen LogP contribution < -0.4 is 9.46 Å². The Morgan fingerprint density at radius 1 is 1.24 bits per heavy atom. The molecule has 7 nitrogen and oxygen atoms in total. The second kappa shape index (κ2) is 7.99. The van der Waals surface area contributed by atoms with Crippen LogP contribution in [0.25, 0.3) is 0 Å². The molecule has 2 fully saturated rings. The SMILES string of the molecule is COc1cncc([C@@H](NS(=O)(=O)N2CCCCCC2)C2CC(O)C2)c1. The van der Waals surface area contributed by atoms with Gasteiger partial charge in [-0.1, -0.05) is 12.8 Å². The number of methoxy groups -OCH3 is 1. The van der Waals surface area contributed by atoms with Crippen LogP contribution in [0.5, 0.6) is 5.75 Å². The minimum absolute atomic E-state index is 0.0608.